The molecule has 1 aromatic rings. The molecule has 1 aliphatic heterocycles. The first-order valence-electron chi connectivity index (χ1n) is 7.17. The average Bonchev–Trinajstić information content (AvgIpc) is 2.43. The molecule has 108 valence electrons. The van der Waals surface area contributed by atoms with Crippen LogP contribution in [0, 0.1) is 0 Å². The van der Waals surface area contributed by atoms with E-state index in [1.807, 2.05) is 6.08 Å². The number of rotatable bonds is 3. The molecule has 0 atom stereocenters. The molecule has 2 rings (SSSR count). The number of aliphatic hydroxyl groups excluding tert-OH is 1. The van der Waals surface area contributed by atoms with Crippen LogP contribution in [0.1, 0.15) is 25.8 Å². The first-order valence-corrected chi connectivity index (χ1v) is 7.17. The topological polar surface area (TPSA) is 26.7 Å². The number of likely N-dealkylation sites (N-methyl/N-ethyl adjacent to an activating group) is 2. The quantitative estimate of drug-likeness (QED) is 0.669. The zero-order chi connectivity index (χ0) is 14.7. The SMILES string of the molecule is CC/C=C\C(=C(/C)O)c1ccc2c(c1)N(C)CCN2C. The summed E-state index contributed by atoms with van der Waals surface area (Å²) >= 11 is 0. The second kappa shape index (κ2) is 6.04. The summed E-state index contributed by atoms with van der Waals surface area (Å²) in [7, 11) is 4.24. The van der Waals surface area contributed by atoms with Crippen molar-refractivity contribution in [3.05, 3.63) is 41.7 Å². The fourth-order valence-electron chi connectivity index (χ4n) is 2.52. The summed E-state index contributed by atoms with van der Waals surface area (Å²) in [4.78, 5) is 4.54. The van der Waals surface area contributed by atoms with E-state index < -0.39 is 0 Å². The maximum Gasteiger partial charge on any atom is 0.0969 e. The van der Waals surface area contributed by atoms with Gasteiger partial charge in [-0.05, 0) is 31.0 Å². The highest BCUT2D eigenvalue weighted by molar-refractivity contribution is 5.82. The van der Waals surface area contributed by atoms with Crippen molar-refractivity contribution in [2.24, 2.45) is 0 Å². The minimum Gasteiger partial charge on any atom is -0.512 e. The molecule has 0 amide bonds. The average molecular weight is 272 g/mol. The number of nitrogens with zero attached hydrogens (tertiary/aromatic N) is 2. The zero-order valence-corrected chi connectivity index (χ0v) is 12.8. The molecule has 0 saturated heterocycles. The van der Waals surface area contributed by atoms with Gasteiger partial charge >= 0.3 is 0 Å². The Bertz CT molecular complexity index is 542. The molecule has 0 fully saturated rings. The maximum atomic E-state index is 9.92. The normalized spacial score (nSPS) is 16.4. The second-order valence-corrected chi connectivity index (χ2v) is 5.36. The minimum atomic E-state index is 0.362. The van der Waals surface area contributed by atoms with E-state index in [9.17, 15) is 5.11 Å². The molecule has 0 spiro atoms. The van der Waals surface area contributed by atoms with E-state index in [1.165, 1.54) is 11.4 Å². The summed E-state index contributed by atoms with van der Waals surface area (Å²) in [6.45, 7) is 5.90. The van der Waals surface area contributed by atoms with E-state index in [4.69, 9.17) is 0 Å². The van der Waals surface area contributed by atoms with Crippen molar-refractivity contribution in [2.45, 2.75) is 20.3 Å². The lowest BCUT2D eigenvalue weighted by atomic mass is 10.0. The highest BCUT2D eigenvalue weighted by atomic mass is 16.3. The van der Waals surface area contributed by atoms with Gasteiger partial charge in [0.2, 0.25) is 0 Å². The van der Waals surface area contributed by atoms with Gasteiger partial charge in [-0.1, -0.05) is 25.1 Å². The minimum absolute atomic E-state index is 0.362. The molecule has 1 aliphatic rings. The molecule has 0 unspecified atom stereocenters. The molecule has 1 N–H and O–H groups in total. The van der Waals surface area contributed by atoms with Gasteiger partial charge in [0.1, 0.15) is 0 Å². The lowest BCUT2D eigenvalue weighted by Gasteiger charge is -2.35. The van der Waals surface area contributed by atoms with Crippen molar-refractivity contribution >= 4 is 16.9 Å². The molecular formula is C17H24N2O. The van der Waals surface area contributed by atoms with Crippen LogP contribution in [-0.4, -0.2) is 32.3 Å². The first-order chi connectivity index (χ1) is 9.54. The predicted octanol–water partition coefficient (Wildman–Crippen LogP) is 3.83. The van der Waals surface area contributed by atoms with Crippen LogP contribution in [0.4, 0.5) is 11.4 Å². The molecule has 20 heavy (non-hydrogen) atoms. The number of aliphatic hydroxyl groups is 1. The Morgan fingerprint density at radius 3 is 2.45 bits per heavy atom. The van der Waals surface area contributed by atoms with E-state index in [1.54, 1.807) is 6.92 Å². The molecule has 0 aromatic heterocycles. The van der Waals surface area contributed by atoms with Crippen LogP contribution in [0.15, 0.2) is 36.1 Å². The van der Waals surface area contributed by atoms with Gasteiger partial charge in [0, 0.05) is 32.8 Å². The lowest BCUT2D eigenvalue weighted by Crippen LogP contribution is -2.36. The van der Waals surface area contributed by atoms with E-state index >= 15 is 0 Å². The van der Waals surface area contributed by atoms with Crippen LogP contribution < -0.4 is 9.80 Å². The Morgan fingerprint density at radius 2 is 1.85 bits per heavy atom. The number of benzene rings is 1. The second-order valence-electron chi connectivity index (χ2n) is 5.36. The first kappa shape index (κ1) is 14.5. The van der Waals surface area contributed by atoms with Crippen LogP contribution in [0.3, 0.4) is 0 Å². The fraction of sp³-hybridized carbons (Fsp3) is 0.412. The maximum absolute atomic E-state index is 9.92. The van der Waals surface area contributed by atoms with Crippen molar-refractivity contribution < 1.29 is 5.11 Å². The third-order valence-electron chi connectivity index (χ3n) is 3.79. The fourth-order valence-corrected chi connectivity index (χ4v) is 2.52. The van der Waals surface area contributed by atoms with Crippen molar-refractivity contribution in [2.75, 3.05) is 37.0 Å². The van der Waals surface area contributed by atoms with Crippen LogP contribution in [-0.2, 0) is 0 Å². The van der Waals surface area contributed by atoms with Crippen molar-refractivity contribution in [3.8, 4) is 0 Å². The van der Waals surface area contributed by atoms with Crippen molar-refractivity contribution in [3.63, 3.8) is 0 Å². The number of fused-ring (bicyclic) bond motifs is 1. The zero-order valence-electron chi connectivity index (χ0n) is 12.8. The van der Waals surface area contributed by atoms with Gasteiger partial charge in [0.05, 0.1) is 17.1 Å². The molecule has 0 radical (unpaired) electrons. The summed E-state index contributed by atoms with van der Waals surface area (Å²) in [5.74, 6) is 0.362. The molecule has 3 heteroatoms. The number of hydrogen-bond donors (Lipinski definition) is 1. The summed E-state index contributed by atoms with van der Waals surface area (Å²) in [5, 5.41) is 9.92. The Morgan fingerprint density at radius 1 is 1.20 bits per heavy atom. The van der Waals surface area contributed by atoms with Gasteiger partial charge in [-0.25, -0.2) is 0 Å². The van der Waals surface area contributed by atoms with Crippen LogP contribution in [0.25, 0.3) is 5.57 Å². The molecule has 1 heterocycles. The van der Waals surface area contributed by atoms with Crippen molar-refractivity contribution in [1.29, 1.82) is 0 Å². The molecule has 3 nitrogen and oxygen atoms in total. The predicted molar refractivity (Wildman–Crippen MR) is 87.6 cm³/mol. The van der Waals surface area contributed by atoms with Gasteiger partial charge in [0.25, 0.3) is 0 Å². The third kappa shape index (κ3) is 2.82. The number of hydrogen-bond acceptors (Lipinski definition) is 3. The Labute approximate surface area is 121 Å². The van der Waals surface area contributed by atoms with Gasteiger partial charge in [0.15, 0.2) is 0 Å². The van der Waals surface area contributed by atoms with E-state index in [0.29, 0.717) is 5.76 Å². The molecule has 0 saturated carbocycles. The van der Waals surface area contributed by atoms with Crippen LogP contribution in [0.5, 0.6) is 0 Å². The Hall–Kier alpha value is -1.90. The van der Waals surface area contributed by atoms with Crippen LogP contribution >= 0.6 is 0 Å². The van der Waals surface area contributed by atoms with Crippen molar-refractivity contribution in [1.82, 2.24) is 0 Å². The van der Waals surface area contributed by atoms with Gasteiger partial charge in [-0.2, -0.15) is 0 Å². The van der Waals surface area contributed by atoms with Crippen LogP contribution in [0.2, 0.25) is 0 Å². The Balaban J connectivity index is 2.47. The molecular weight excluding hydrogens is 248 g/mol. The summed E-state index contributed by atoms with van der Waals surface area (Å²) in [6, 6.07) is 6.40. The highest BCUT2D eigenvalue weighted by Crippen LogP contribution is 2.34. The number of anilines is 2. The molecule has 0 bridgehead atoms. The van der Waals surface area contributed by atoms with E-state index in [-0.39, 0.29) is 0 Å². The van der Waals surface area contributed by atoms with E-state index in [2.05, 4.69) is 55.1 Å². The van der Waals surface area contributed by atoms with Gasteiger partial charge < -0.3 is 14.9 Å². The standard InChI is InChI=1S/C17H24N2O/c1-5-6-7-15(13(2)20)14-8-9-16-17(12-14)19(4)11-10-18(16)3/h6-9,12,20H,5,10-11H2,1-4H3/b7-6-,15-13-. The summed E-state index contributed by atoms with van der Waals surface area (Å²) in [6.07, 6.45) is 5.04. The molecule has 1 aromatic carbocycles. The Kier molecular flexibility index (Phi) is 4.38. The molecule has 0 aliphatic carbocycles. The summed E-state index contributed by atoms with van der Waals surface area (Å²) < 4.78 is 0. The lowest BCUT2D eigenvalue weighted by molar-refractivity contribution is 0.417. The van der Waals surface area contributed by atoms with Gasteiger partial charge in [-0.15, -0.1) is 0 Å². The highest BCUT2D eigenvalue weighted by Gasteiger charge is 2.18. The largest absolute Gasteiger partial charge is 0.512 e. The monoisotopic (exact) mass is 272 g/mol. The smallest absolute Gasteiger partial charge is 0.0969 e. The third-order valence-corrected chi connectivity index (χ3v) is 3.79. The van der Waals surface area contributed by atoms with Gasteiger partial charge in [-0.3, -0.25) is 0 Å². The summed E-state index contributed by atoms with van der Waals surface area (Å²) in [5.41, 5.74) is 4.43. The number of allylic oxidation sites excluding steroid dienone is 4. The van der Waals surface area contributed by atoms with E-state index in [0.717, 1.165) is 30.6 Å².